The first kappa shape index (κ1) is 30.7. The van der Waals surface area contributed by atoms with Crippen molar-refractivity contribution in [3.63, 3.8) is 0 Å². The van der Waals surface area contributed by atoms with E-state index in [1.54, 1.807) is 0 Å². The minimum atomic E-state index is -0.0357. The van der Waals surface area contributed by atoms with E-state index in [1.165, 1.54) is 44.5 Å². The molecule has 1 aromatic heterocycles. The van der Waals surface area contributed by atoms with Crippen LogP contribution >= 0.6 is 0 Å². The van der Waals surface area contributed by atoms with E-state index in [0.29, 0.717) is 5.82 Å². The van der Waals surface area contributed by atoms with Crippen molar-refractivity contribution in [2.45, 2.75) is 19.3 Å². The molecule has 0 aliphatic heterocycles. The Kier molecular flexibility index (Phi) is 7.51. The molecule has 2 heteroatoms. The summed E-state index contributed by atoms with van der Waals surface area (Å²) < 4.78 is 0. The minimum absolute atomic E-state index is 0.0357. The summed E-state index contributed by atoms with van der Waals surface area (Å²) in [7, 11) is 0. The smallest absolute Gasteiger partial charge is 0.160 e. The van der Waals surface area contributed by atoms with Crippen LogP contribution in [0.2, 0.25) is 0 Å². The lowest BCUT2D eigenvalue weighted by molar-refractivity contribution is 0.660. The van der Waals surface area contributed by atoms with Gasteiger partial charge in [-0.1, -0.05) is 166 Å². The first-order valence-electron chi connectivity index (χ1n) is 17.6. The summed E-state index contributed by atoms with van der Waals surface area (Å²) in [5.41, 5.74) is 17.3. The largest absolute Gasteiger partial charge is 0.228 e. The highest BCUT2D eigenvalue weighted by Crippen LogP contribution is 2.49. The summed E-state index contributed by atoms with van der Waals surface area (Å²) >= 11 is 0. The molecule has 0 saturated heterocycles. The molecule has 2 nitrogen and oxygen atoms in total. The van der Waals surface area contributed by atoms with Gasteiger partial charge in [0.15, 0.2) is 5.82 Å². The van der Waals surface area contributed by atoms with Gasteiger partial charge in [0.05, 0.1) is 11.4 Å². The van der Waals surface area contributed by atoms with Crippen molar-refractivity contribution in [3.05, 3.63) is 193 Å². The van der Waals surface area contributed by atoms with Crippen molar-refractivity contribution < 1.29 is 0 Å². The summed E-state index contributed by atoms with van der Waals surface area (Å²) in [4.78, 5) is 10.4. The Balaban J connectivity index is 1.21. The number of nitrogens with zero attached hydrogens (tertiary/aromatic N) is 2. The van der Waals surface area contributed by atoms with Gasteiger partial charge in [-0.15, -0.1) is 0 Å². The molecular weight excluding hydrogens is 617 g/mol. The van der Waals surface area contributed by atoms with Gasteiger partial charge in [-0.2, -0.15) is 0 Å². The lowest BCUT2D eigenvalue weighted by Crippen LogP contribution is -2.14. The van der Waals surface area contributed by atoms with Gasteiger partial charge in [0.1, 0.15) is 0 Å². The van der Waals surface area contributed by atoms with Gasteiger partial charge in [0.2, 0.25) is 0 Å². The van der Waals surface area contributed by atoms with Crippen molar-refractivity contribution in [1.29, 1.82) is 0 Å². The average molecular weight is 653 g/mol. The molecule has 0 atom stereocenters. The van der Waals surface area contributed by atoms with Crippen LogP contribution in [0.25, 0.3) is 78.4 Å². The van der Waals surface area contributed by atoms with Gasteiger partial charge in [-0.05, 0) is 86.0 Å². The Morgan fingerprint density at radius 2 is 0.765 bits per heavy atom. The van der Waals surface area contributed by atoms with Gasteiger partial charge >= 0.3 is 0 Å². The lowest BCUT2D eigenvalue weighted by atomic mass is 9.82. The molecular formula is C49H36N2. The molecule has 1 heterocycles. The number of hydrogen-bond acceptors (Lipinski definition) is 2. The molecule has 8 aromatic rings. The van der Waals surface area contributed by atoms with Crippen molar-refractivity contribution in [2.75, 3.05) is 0 Å². The Morgan fingerprint density at radius 1 is 0.314 bits per heavy atom. The topological polar surface area (TPSA) is 25.8 Å². The van der Waals surface area contributed by atoms with Crippen LogP contribution in [0.4, 0.5) is 0 Å². The summed E-state index contributed by atoms with van der Waals surface area (Å²) in [5, 5.41) is 0. The molecule has 0 bridgehead atoms. The summed E-state index contributed by atoms with van der Waals surface area (Å²) in [6.45, 7) is 4.66. The number of aromatic nitrogens is 2. The Labute approximate surface area is 299 Å². The Bertz CT molecular complexity index is 2520. The molecule has 0 fully saturated rings. The molecule has 0 spiro atoms. The van der Waals surface area contributed by atoms with Gasteiger partial charge in [0, 0.05) is 22.1 Å². The van der Waals surface area contributed by atoms with Crippen LogP contribution in [0.3, 0.4) is 0 Å². The molecule has 1 aliphatic carbocycles. The van der Waals surface area contributed by atoms with E-state index in [-0.39, 0.29) is 5.41 Å². The maximum Gasteiger partial charge on any atom is 0.160 e. The fraction of sp³-hybridized carbons (Fsp3) is 0.0612. The average Bonchev–Trinajstić information content (AvgIpc) is 3.44. The van der Waals surface area contributed by atoms with Crippen LogP contribution in [0.15, 0.2) is 182 Å². The second-order valence-electron chi connectivity index (χ2n) is 13.9. The van der Waals surface area contributed by atoms with Crippen LogP contribution in [0.5, 0.6) is 0 Å². The van der Waals surface area contributed by atoms with Crippen LogP contribution < -0.4 is 0 Å². The number of benzene rings is 7. The van der Waals surface area contributed by atoms with E-state index in [2.05, 4.69) is 172 Å². The maximum atomic E-state index is 5.23. The van der Waals surface area contributed by atoms with Gasteiger partial charge in [-0.25, -0.2) is 9.97 Å². The number of rotatable bonds is 6. The lowest BCUT2D eigenvalue weighted by Gasteiger charge is -2.21. The summed E-state index contributed by atoms with van der Waals surface area (Å²) in [5.74, 6) is 0.707. The highest BCUT2D eigenvalue weighted by atomic mass is 14.9. The van der Waals surface area contributed by atoms with Crippen LogP contribution in [-0.2, 0) is 5.41 Å². The van der Waals surface area contributed by atoms with E-state index in [0.717, 1.165) is 39.2 Å². The van der Waals surface area contributed by atoms with E-state index in [9.17, 15) is 0 Å². The predicted octanol–water partition coefficient (Wildman–Crippen LogP) is 12.8. The Hall–Kier alpha value is -6.38. The highest BCUT2D eigenvalue weighted by Gasteiger charge is 2.35. The standard InChI is InChI=1S/C49H36N2/c1-49(2)44-21-13-12-20-42(44)43-31-38(26-27-45(43)49)40-28-39(34-16-8-4-9-17-34)29-41(30-40)47-32-46(50-48(51-47)37-18-10-5-11-19-37)36-24-22-35(23-25-36)33-14-6-3-7-15-33/h3-32H,1-2H3. The van der Waals surface area contributed by atoms with E-state index in [1.807, 2.05) is 24.3 Å². The minimum Gasteiger partial charge on any atom is -0.228 e. The van der Waals surface area contributed by atoms with Gasteiger partial charge in [0.25, 0.3) is 0 Å². The van der Waals surface area contributed by atoms with Gasteiger partial charge < -0.3 is 0 Å². The zero-order valence-corrected chi connectivity index (χ0v) is 28.7. The quantitative estimate of drug-likeness (QED) is 0.179. The van der Waals surface area contributed by atoms with Crippen LogP contribution in [0, 0.1) is 0 Å². The van der Waals surface area contributed by atoms with Crippen molar-refractivity contribution >= 4 is 0 Å². The summed E-state index contributed by atoms with van der Waals surface area (Å²) in [6, 6.07) is 64.9. The van der Waals surface area contributed by atoms with E-state index in [4.69, 9.17) is 9.97 Å². The maximum absolute atomic E-state index is 5.23. The van der Waals surface area contributed by atoms with Crippen molar-refractivity contribution in [2.24, 2.45) is 0 Å². The first-order valence-corrected chi connectivity index (χ1v) is 17.6. The fourth-order valence-electron chi connectivity index (χ4n) is 7.56. The predicted molar refractivity (Wildman–Crippen MR) is 212 cm³/mol. The Morgan fingerprint density at radius 3 is 1.43 bits per heavy atom. The first-order chi connectivity index (χ1) is 25.0. The number of fused-ring (bicyclic) bond motifs is 3. The molecule has 0 N–H and O–H groups in total. The second kappa shape index (κ2) is 12.5. The zero-order chi connectivity index (χ0) is 34.4. The molecule has 9 rings (SSSR count). The fourth-order valence-corrected chi connectivity index (χ4v) is 7.56. The van der Waals surface area contributed by atoms with E-state index >= 15 is 0 Å². The second-order valence-corrected chi connectivity index (χ2v) is 13.9. The molecule has 0 amide bonds. The van der Waals surface area contributed by atoms with Crippen molar-refractivity contribution in [1.82, 2.24) is 9.97 Å². The molecule has 242 valence electrons. The zero-order valence-electron chi connectivity index (χ0n) is 28.7. The molecule has 0 unspecified atom stereocenters. The molecule has 7 aromatic carbocycles. The highest BCUT2D eigenvalue weighted by molar-refractivity contribution is 5.87. The third-order valence-corrected chi connectivity index (χ3v) is 10.3. The monoisotopic (exact) mass is 652 g/mol. The van der Waals surface area contributed by atoms with Gasteiger partial charge in [-0.3, -0.25) is 0 Å². The van der Waals surface area contributed by atoms with Crippen LogP contribution in [0.1, 0.15) is 25.0 Å². The van der Waals surface area contributed by atoms with E-state index < -0.39 is 0 Å². The summed E-state index contributed by atoms with van der Waals surface area (Å²) in [6.07, 6.45) is 0. The molecule has 0 radical (unpaired) electrons. The number of hydrogen-bond donors (Lipinski definition) is 0. The van der Waals surface area contributed by atoms with Crippen LogP contribution in [-0.4, -0.2) is 9.97 Å². The third kappa shape index (κ3) is 5.65. The SMILES string of the molecule is CC1(C)c2ccccc2-c2cc(-c3cc(-c4ccccc4)cc(-c4cc(-c5ccc(-c6ccccc6)cc5)nc(-c5ccccc5)n4)c3)ccc21. The van der Waals surface area contributed by atoms with Crippen molar-refractivity contribution in [3.8, 4) is 78.4 Å². The molecule has 0 saturated carbocycles. The third-order valence-electron chi connectivity index (χ3n) is 10.3. The molecule has 51 heavy (non-hydrogen) atoms. The normalized spacial score (nSPS) is 12.7. The molecule has 1 aliphatic rings.